The Bertz CT molecular complexity index is 508. The summed E-state index contributed by atoms with van der Waals surface area (Å²) in [4.78, 5) is 14.2. The van der Waals surface area contributed by atoms with Crippen molar-refractivity contribution in [2.75, 3.05) is 19.7 Å². The maximum atomic E-state index is 12.3. The number of nitrogens with two attached hydrogens (primary N) is 1. The second-order valence-electron chi connectivity index (χ2n) is 5.88. The molecular weight excluding hydrogens is 276 g/mol. The second kappa shape index (κ2) is 7.99. The van der Waals surface area contributed by atoms with Gasteiger partial charge in [-0.05, 0) is 56.4 Å². The zero-order valence-corrected chi connectivity index (χ0v) is 13.5. The lowest BCUT2D eigenvalue weighted by Gasteiger charge is -2.34. The molecule has 0 aliphatic carbocycles. The minimum Gasteiger partial charge on any atom is -0.494 e. The van der Waals surface area contributed by atoms with E-state index < -0.39 is 0 Å². The zero-order chi connectivity index (χ0) is 15.9. The standard InChI is InChI=1S/C18H26N2O2/c1-3-22-17-9-6-15(7-10-17)8-11-18(21)20-12-4-5-16(13-20)14(2)19/h6-11,14,16H,3-5,12-13,19H2,1-2H3/b11-8+. The summed E-state index contributed by atoms with van der Waals surface area (Å²) >= 11 is 0. The van der Waals surface area contributed by atoms with E-state index in [4.69, 9.17) is 10.5 Å². The number of ether oxygens (including phenoxy) is 1. The Hall–Kier alpha value is -1.81. The van der Waals surface area contributed by atoms with Crippen LogP contribution in [0.25, 0.3) is 6.08 Å². The van der Waals surface area contributed by atoms with Crippen LogP contribution in [0.2, 0.25) is 0 Å². The smallest absolute Gasteiger partial charge is 0.246 e. The predicted molar refractivity (Wildman–Crippen MR) is 89.6 cm³/mol. The minimum absolute atomic E-state index is 0.0687. The number of hydrogen-bond acceptors (Lipinski definition) is 3. The summed E-state index contributed by atoms with van der Waals surface area (Å²) in [6.07, 6.45) is 5.66. The molecule has 1 saturated heterocycles. The quantitative estimate of drug-likeness (QED) is 0.851. The highest BCUT2D eigenvalue weighted by Crippen LogP contribution is 2.19. The zero-order valence-electron chi connectivity index (χ0n) is 13.5. The third-order valence-electron chi connectivity index (χ3n) is 4.12. The summed E-state index contributed by atoms with van der Waals surface area (Å²) in [6, 6.07) is 7.89. The molecule has 0 spiro atoms. The number of piperidine rings is 1. The molecule has 0 bridgehead atoms. The van der Waals surface area contributed by atoms with Gasteiger partial charge in [0.15, 0.2) is 0 Å². The van der Waals surface area contributed by atoms with E-state index in [1.54, 1.807) is 6.08 Å². The lowest BCUT2D eigenvalue weighted by Crippen LogP contribution is -2.44. The van der Waals surface area contributed by atoms with Crippen LogP contribution < -0.4 is 10.5 Å². The molecule has 2 atom stereocenters. The number of carbonyl (C=O) groups is 1. The fourth-order valence-corrected chi connectivity index (χ4v) is 2.75. The Morgan fingerprint density at radius 3 is 2.82 bits per heavy atom. The SMILES string of the molecule is CCOc1ccc(/C=C/C(=O)N2CCCC(C(C)N)C2)cc1. The van der Waals surface area contributed by atoms with Crippen molar-refractivity contribution < 1.29 is 9.53 Å². The number of nitrogens with zero attached hydrogens (tertiary/aromatic N) is 1. The molecule has 1 aromatic rings. The molecule has 2 rings (SSSR count). The highest BCUT2D eigenvalue weighted by atomic mass is 16.5. The van der Waals surface area contributed by atoms with Gasteiger partial charge >= 0.3 is 0 Å². The van der Waals surface area contributed by atoms with E-state index in [1.807, 2.05) is 49.1 Å². The highest BCUT2D eigenvalue weighted by Gasteiger charge is 2.24. The van der Waals surface area contributed by atoms with Gasteiger partial charge in [-0.25, -0.2) is 0 Å². The largest absolute Gasteiger partial charge is 0.494 e. The Kier molecular flexibility index (Phi) is 6.01. The maximum Gasteiger partial charge on any atom is 0.246 e. The summed E-state index contributed by atoms with van der Waals surface area (Å²) in [7, 11) is 0. The van der Waals surface area contributed by atoms with Crippen molar-refractivity contribution in [1.82, 2.24) is 4.90 Å². The first kappa shape index (κ1) is 16.6. The summed E-state index contributed by atoms with van der Waals surface area (Å²) in [6.45, 7) is 6.23. The van der Waals surface area contributed by atoms with Gasteiger partial charge in [0.2, 0.25) is 5.91 Å². The maximum absolute atomic E-state index is 12.3. The highest BCUT2D eigenvalue weighted by molar-refractivity contribution is 5.91. The fraction of sp³-hybridized carbons (Fsp3) is 0.500. The van der Waals surface area contributed by atoms with Gasteiger partial charge in [0.1, 0.15) is 5.75 Å². The van der Waals surface area contributed by atoms with Gasteiger partial charge in [-0.2, -0.15) is 0 Å². The normalized spacial score (nSPS) is 20.1. The lowest BCUT2D eigenvalue weighted by molar-refractivity contribution is -0.127. The van der Waals surface area contributed by atoms with Crippen molar-refractivity contribution in [2.45, 2.75) is 32.7 Å². The van der Waals surface area contributed by atoms with Crippen molar-refractivity contribution in [3.05, 3.63) is 35.9 Å². The molecular formula is C18H26N2O2. The number of hydrogen-bond donors (Lipinski definition) is 1. The molecule has 1 amide bonds. The van der Waals surface area contributed by atoms with Gasteiger partial charge in [-0.3, -0.25) is 4.79 Å². The average molecular weight is 302 g/mol. The molecule has 4 heteroatoms. The number of benzene rings is 1. The number of carbonyl (C=O) groups excluding carboxylic acids is 1. The van der Waals surface area contributed by atoms with E-state index in [0.717, 1.165) is 37.2 Å². The summed E-state index contributed by atoms with van der Waals surface area (Å²) in [5.74, 6) is 1.33. The Labute approximate surface area is 132 Å². The molecule has 1 aromatic carbocycles. The fourth-order valence-electron chi connectivity index (χ4n) is 2.75. The van der Waals surface area contributed by atoms with Crippen LogP contribution in [-0.4, -0.2) is 36.5 Å². The molecule has 1 fully saturated rings. The monoisotopic (exact) mass is 302 g/mol. The van der Waals surface area contributed by atoms with Gasteiger partial charge in [-0.15, -0.1) is 0 Å². The van der Waals surface area contributed by atoms with E-state index in [9.17, 15) is 4.79 Å². The predicted octanol–water partition coefficient (Wildman–Crippen LogP) is 2.68. The molecule has 0 saturated carbocycles. The molecule has 120 valence electrons. The van der Waals surface area contributed by atoms with Crippen LogP contribution in [0.5, 0.6) is 5.75 Å². The van der Waals surface area contributed by atoms with Crippen LogP contribution in [0.15, 0.2) is 30.3 Å². The topological polar surface area (TPSA) is 55.6 Å². The Morgan fingerprint density at radius 1 is 1.45 bits per heavy atom. The van der Waals surface area contributed by atoms with Crippen LogP contribution >= 0.6 is 0 Å². The van der Waals surface area contributed by atoms with E-state index in [1.165, 1.54) is 0 Å². The second-order valence-corrected chi connectivity index (χ2v) is 5.88. The van der Waals surface area contributed by atoms with Crippen LogP contribution in [-0.2, 0) is 4.79 Å². The van der Waals surface area contributed by atoms with Crippen molar-refractivity contribution in [2.24, 2.45) is 11.7 Å². The van der Waals surface area contributed by atoms with E-state index in [-0.39, 0.29) is 11.9 Å². The molecule has 1 aliphatic rings. The van der Waals surface area contributed by atoms with Crippen LogP contribution in [0.3, 0.4) is 0 Å². The first-order valence-corrected chi connectivity index (χ1v) is 8.05. The molecule has 22 heavy (non-hydrogen) atoms. The molecule has 2 N–H and O–H groups in total. The van der Waals surface area contributed by atoms with Crippen molar-refractivity contribution >= 4 is 12.0 Å². The molecule has 0 aromatic heterocycles. The molecule has 0 radical (unpaired) electrons. The first-order valence-electron chi connectivity index (χ1n) is 8.05. The van der Waals surface area contributed by atoms with Gasteiger partial charge < -0.3 is 15.4 Å². The Balaban J connectivity index is 1.92. The summed E-state index contributed by atoms with van der Waals surface area (Å²) in [5, 5.41) is 0. The lowest BCUT2D eigenvalue weighted by atomic mass is 9.92. The average Bonchev–Trinajstić information content (AvgIpc) is 2.54. The van der Waals surface area contributed by atoms with Gasteiger partial charge in [0.05, 0.1) is 6.61 Å². The van der Waals surface area contributed by atoms with Crippen molar-refractivity contribution in [1.29, 1.82) is 0 Å². The Morgan fingerprint density at radius 2 is 2.18 bits per heavy atom. The van der Waals surface area contributed by atoms with E-state index in [2.05, 4.69) is 0 Å². The third kappa shape index (κ3) is 4.60. The summed E-state index contributed by atoms with van der Waals surface area (Å²) < 4.78 is 5.40. The van der Waals surface area contributed by atoms with Crippen LogP contribution in [0.1, 0.15) is 32.3 Å². The number of rotatable bonds is 5. The van der Waals surface area contributed by atoms with Gasteiger partial charge in [0.25, 0.3) is 0 Å². The summed E-state index contributed by atoms with van der Waals surface area (Å²) in [5.41, 5.74) is 6.96. The minimum atomic E-state index is 0.0687. The molecule has 4 nitrogen and oxygen atoms in total. The first-order chi connectivity index (χ1) is 10.6. The third-order valence-corrected chi connectivity index (χ3v) is 4.12. The van der Waals surface area contributed by atoms with Crippen molar-refractivity contribution in [3.8, 4) is 5.75 Å². The molecule has 1 aliphatic heterocycles. The van der Waals surface area contributed by atoms with Gasteiger partial charge in [-0.1, -0.05) is 12.1 Å². The number of amides is 1. The van der Waals surface area contributed by atoms with Gasteiger partial charge in [0, 0.05) is 25.2 Å². The van der Waals surface area contributed by atoms with Crippen LogP contribution in [0.4, 0.5) is 0 Å². The molecule has 2 unspecified atom stereocenters. The van der Waals surface area contributed by atoms with E-state index in [0.29, 0.717) is 12.5 Å². The van der Waals surface area contributed by atoms with E-state index >= 15 is 0 Å². The number of likely N-dealkylation sites (tertiary alicyclic amines) is 1. The molecule has 1 heterocycles. The van der Waals surface area contributed by atoms with Crippen molar-refractivity contribution in [3.63, 3.8) is 0 Å². The van der Waals surface area contributed by atoms with Crippen LogP contribution in [0, 0.1) is 5.92 Å².